The average molecular weight is 1270 g/mol. The van der Waals surface area contributed by atoms with Crippen LogP contribution in [-0.2, 0) is 50.6 Å². The molecule has 0 spiro atoms. The van der Waals surface area contributed by atoms with Gasteiger partial charge in [-0.05, 0) is 126 Å². The van der Waals surface area contributed by atoms with Crippen LogP contribution in [0.3, 0.4) is 0 Å². The largest absolute Gasteiger partial charge is 0.512 e. The fraction of sp³-hybridized carbons (Fsp3) is 0.446. The molecule has 0 unspecified atom stereocenters. The van der Waals surface area contributed by atoms with Crippen molar-refractivity contribution in [1.82, 2.24) is 9.97 Å². The summed E-state index contributed by atoms with van der Waals surface area (Å²) in [6.07, 6.45) is 8.95. The minimum absolute atomic E-state index is 0. The van der Waals surface area contributed by atoms with Crippen LogP contribution in [0.25, 0.3) is 65.6 Å². The van der Waals surface area contributed by atoms with Gasteiger partial charge in [0.05, 0.1) is 14.2 Å². The molecule has 0 bridgehead atoms. The van der Waals surface area contributed by atoms with Gasteiger partial charge in [-0.15, -0.1) is 35.0 Å². The van der Waals surface area contributed by atoms with Crippen LogP contribution < -0.4 is 9.47 Å². The Morgan fingerprint density at radius 1 is 0.556 bits per heavy atom. The van der Waals surface area contributed by atoms with Crippen LogP contribution in [0.4, 0.5) is 0 Å². The van der Waals surface area contributed by atoms with Gasteiger partial charge in [0, 0.05) is 71.5 Å². The molecule has 6 nitrogen and oxygen atoms in total. The molecule has 6 aromatic carbocycles. The van der Waals surface area contributed by atoms with Crippen molar-refractivity contribution < 1.29 is 42.2 Å². The third-order valence-electron chi connectivity index (χ3n) is 16.3. The molecule has 0 atom stereocenters. The number of ketones is 1. The van der Waals surface area contributed by atoms with E-state index in [2.05, 4.69) is 168 Å². The van der Waals surface area contributed by atoms with Gasteiger partial charge in [-0.1, -0.05) is 206 Å². The number of carbonyl (C=O) groups excluding carboxylic acids is 1. The van der Waals surface area contributed by atoms with Crippen molar-refractivity contribution in [3.63, 3.8) is 0 Å². The van der Waals surface area contributed by atoms with E-state index in [0.29, 0.717) is 0 Å². The number of carbonyl (C=O) groups is 1. The Kier molecular flexibility index (Phi) is 17.5. The molecule has 81 heavy (non-hydrogen) atoms. The number of hydrogen-bond acceptors (Lipinski definition) is 6. The average Bonchev–Trinajstić information content (AvgIpc) is 1.09. The Morgan fingerprint density at radius 2 is 0.975 bits per heavy atom. The molecule has 1 radical (unpaired) electrons. The molecule has 7 heteroatoms. The van der Waals surface area contributed by atoms with Crippen LogP contribution in [0, 0.1) is 51.5 Å². The Balaban J connectivity index is 0.000000188. The third kappa shape index (κ3) is 14.0. The second-order valence-electron chi connectivity index (χ2n) is 28.4. The number of hydrogen-bond donors (Lipinski definition) is 1. The molecule has 2 aliphatic rings. The molecule has 1 N–H and O–H groups in total. The van der Waals surface area contributed by atoms with Crippen molar-refractivity contribution >= 4 is 48.9 Å². The van der Waals surface area contributed by atoms with Crippen LogP contribution in [0.5, 0.6) is 23.0 Å². The maximum absolute atomic E-state index is 12.2. The second-order valence-corrected chi connectivity index (χ2v) is 28.4. The Morgan fingerprint density at radius 3 is 1.41 bits per heavy atom. The van der Waals surface area contributed by atoms with E-state index in [-0.39, 0.29) is 76.5 Å². The first-order valence-corrected chi connectivity index (χ1v) is 29.3. The molecule has 4 heterocycles. The number of aliphatic hydroxyl groups is 1. The Labute approximate surface area is 502 Å². The summed E-state index contributed by atoms with van der Waals surface area (Å²) in [7, 11) is 0. The Hall–Kier alpha value is -5.88. The standard InChI is InChI=1S/C30H32NO.C29H30NO.C15H28O2.Ir/c1-18-8-9-22-21(12-18)15-23-27-26-20(10-11-31-27)13-19(16-29(2,3)4)14-25(26)32-28(23)24(22)17-30(5,6)7;1-28(2,3)16-18-13-20-11-12-30-26-22-15-19-9-7-8-10-21(19)23(17-29(4,5)6)27(22)31-24(14-18)25(20)26;1-7-14(5,8-2)12(16)11-13(17)15(6,9-3)10-4;/h8-14H,16-17H2,1-7H3;7-14H,16-17H2,1-6H3;11,16H,7-10H2,1-6H3;/q2*-1;;/b;;12-11-;/i11D;12D;;. The van der Waals surface area contributed by atoms with Crippen molar-refractivity contribution in [2.75, 3.05) is 0 Å². The summed E-state index contributed by atoms with van der Waals surface area (Å²) < 4.78 is 30.3. The topological polar surface area (TPSA) is 81.5 Å². The maximum Gasteiger partial charge on any atom is 0.164 e. The number of fused-ring (bicyclic) bond motifs is 6. The number of aromatic nitrogens is 2. The molecule has 0 fully saturated rings. The molecule has 431 valence electrons. The summed E-state index contributed by atoms with van der Waals surface area (Å²) in [5.74, 6) is 3.67. The van der Waals surface area contributed by atoms with Crippen LogP contribution in [0.15, 0.2) is 103 Å². The van der Waals surface area contributed by atoms with Crippen molar-refractivity contribution in [2.24, 2.45) is 32.5 Å². The first-order valence-electron chi connectivity index (χ1n) is 30.3. The summed E-state index contributed by atoms with van der Waals surface area (Å²) in [5, 5.41) is 18.6. The van der Waals surface area contributed by atoms with Crippen molar-refractivity contribution in [3.8, 4) is 45.5 Å². The van der Waals surface area contributed by atoms with E-state index < -0.39 is 0 Å². The molecule has 0 amide bonds. The van der Waals surface area contributed by atoms with Gasteiger partial charge in [0.1, 0.15) is 17.3 Å². The van der Waals surface area contributed by atoms with Gasteiger partial charge in [-0.3, -0.25) is 14.8 Å². The van der Waals surface area contributed by atoms with Gasteiger partial charge in [0.2, 0.25) is 0 Å². The minimum Gasteiger partial charge on any atom is -0.512 e. The zero-order valence-corrected chi connectivity index (χ0v) is 54.5. The molecule has 0 saturated carbocycles. The normalized spacial score (nSPS) is 13.6. The molecular weight excluding hydrogens is 1170 g/mol. The van der Waals surface area contributed by atoms with Crippen LogP contribution >= 0.6 is 0 Å². The fourth-order valence-electron chi connectivity index (χ4n) is 11.2. The van der Waals surface area contributed by atoms with E-state index in [0.717, 1.165) is 129 Å². The number of pyridine rings is 2. The second kappa shape index (κ2) is 23.8. The van der Waals surface area contributed by atoms with Crippen molar-refractivity contribution in [3.05, 3.63) is 143 Å². The number of rotatable bonds is 11. The summed E-state index contributed by atoms with van der Waals surface area (Å²) in [5.41, 5.74) is 9.32. The summed E-state index contributed by atoms with van der Waals surface area (Å²) >= 11 is 0. The van der Waals surface area contributed by atoms with E-state index in [4.69, 9.17) is 17.2 Å². The SMILES string of the molecule is CCC(C)(CC)C(=O)/C=C(\O)C(C)(CC)CC.[2H]c1cc2cc(CC(C)(C)C)cc3c2c(n1)-c1[c-]c2cc(C)ccc2c(CC(C)(C)C)c1O3.[2H]c1cc2cc(CC(C)(C)C)cc3c2c(n1)-c1[c-]c2ccccc2c(CC(C)(C)C)c1O3.[Ir]. The number of aryl methyl sites for hydroxylation is 1. The molecule has 8 aromatic rings. The van der Waals surface area contributed by atoms with E-state index in [9.17, 15) is 9.90 Å². The first kappa shape index (κ1) is 59.7. The van der Waals surface area contributed by atoms with Crippen LogP contribution in [0.2, 0.25) is 0 Å². The van der Waals surface area contributed by atoms with Gasteiger partial charge in [-0.2, -0.15) is 0 Å². The molecular formula is C74H90IrN2O4-2. The van der Waals surface area contributed by atoms with Gasteiger partial charge in [0.25, 0.3) is 0 Å². The predicted octanol–water partition coefficient (Wildman–Crippen LogP) is 21.2. The number of nitrogens with zero attached hydrogens (tertiary/aromatic N) is 2. The van der Waals surface area contributed by atoms with E-state index in [1.807, 2.05) is 59.7 Å². The van der Waals surface area contributed by atoms with Gasteiger partial charge in [0.15, 0.2) is 5.78 Å². The smallest absolute Gasteiger partial charge is 0.164 e. The fourth-order valence-corrected chi connectivity index (χ4v) is 11.2. The number of aliphatic hydroxyl groups excluding tert-OH is 1. The molecule has 2 aromatic heterocycles. The quantitative estimate of drug-likeness (QED) is 0.0789. The number of benzene rings is 6. The summed E-state index contributed by atoms with van der Waals surface area (Å²) in [6.45, 7) is 41.2. The van der Waals surface area contributed by atoms with Crippen LogP contribution in [0.1, 0.15) is 181 Å². The van der Waals surface area contributed by atoms with Gasteiger partial charge < -0.3 is 14.6 Å². The maximum atomic E-state index is 12.2. The van der Waals surface area contributed by atoms with E-state index in [1.165, 1.54) is 44.7 Å². The monoisotopic (exact) mass is 1270 g/mol. The van der Waals surface area contributed by atoms with Crippen molar-refractivity contribution in [1.29, 1.82) is 0 Å². The molecule has 0 saturated heterocycles. The molecule has 2 aliphatic heterocycles. The zero-order valence-electron chi connectivity index (χ0n) is 54.1. The zero-order chi connectivity index (χ0) is 60.2. The first-order chi connectivity index (χ1) is 38.2. The number of ether oxygens (including phenoxy) is 2. The Bertz CT molecular complexity index is 3780. The summed E-state index contributed by atoms with van der Waals surface area (Å²) in [4.78, 5) is 21.6. The van der Waals surface area contributed by atoms with E-state index >= 15 is 0 Å². The van der Waals surface area contributed by atoms with Crippen LogP contribution in [-0.4, -0.2) is 20.9 Å². The number of allylic oxidation sites excluding steroid dienone is 2. The minimum atomic E-state index is -0.337. The molecule has 10 rings (SSSR count). The van der Waals surface area contributed by atoms with E-state index in [1.54, 1.807) is 0 Å². The van der Waals surface area contributed by atoms with Crippen molar-refractivity contribution in [2.45, 2.75) is 183 Å². The molecule has 0 aliphatic carbocycles. The van der Waals surface area contributed by atoms with Gasteiger partial charge >= 0.3 is 0 Å². The van der Waals surface area contributed by atoms with Gasteiger partial charge in [-0.25, -0.2) is 0 Å². The predicted molar refractivity (Wildman–Crippen MR) is 338 cm³/mol. The summed E-state index contributed by atoms with van der Waals surface area (Å²) in [6, 6.07) is 34.6. The third-order valence-corrected chi connectivity index (χ3v) is 16.3.